The molecule has 0 saturated carbocycles. The molecule has 3 heterocycles. The largest absolute Gasteiger partial charge is 0.452 e. The highest BCUT2D eigenvalue weighted by Crippen LogP contribution is 2.32. The number of nitrogens with zero attached hydrogens (tertiary/aromatic N) is 3. The van der Waals surface area contributed by atoms with Gasteiger partial charge in [0.05, 0.1) is 16.8 Å². The van der Waals surface area contributed by atoms with Crippen LogP contribution in [0, 0.1) is 0 Å². The van der Waals surface area contributed by atoms with E-state index in [1.807, 2.05) is 67.6 Å². The Labute approximate surface area is 185 Å². The molecule has 1 aliphatic rings. The first-order chi connectivity index (χ1) is 15.6. The zero-order valence-corrected chi connectivity index (χ0v) is 17.6. The normalized spacial score (nSPS) is 14.9. The van der Waals surface area contributed by atoms with Crippen molar-refractivity contribution in [1.82, 2.24) is 9.97 Å². The summed E-state index contributed by atoms with van der Waals surface area (Å²) in [6.07, 6.45) is 4.15. The van der Waals surface area contributed by atoms with Gasteiger partial charge in [0.25, 0.3) is 5.91 Å². The van der Waals surface area contributed by atoms with Crippen molar-refractivity contribution in [1.29, 1.82) is 0 Å². The molecule has 2 aromatic carbocycles. The summed E-state index contributed by atoms with van der Waals surface area (Å²) in [6, 6.07) is 20.6. The van der Waals surface area contributed by atoms with Crippen LogP contribution in [0.4, 0.5) is 5.69 Å². The van der Waals surface area contributed by atoms with Crippen LogP contribution in [-0.4, -0.2) is 34.5 Å². The van der Waals surface area contributed by atoms with Crippen molar-refractivity contribution in [3.63, 3.8) is 0 Å². The van der Waals surface area contributed by atoms with E-state index < -0.39 is 5.97 Å². The number of amides is 1. The van der Waals surface area contributed by atoms with Crippen LogP contribution in [0.5, 0.6) is 0 Å². The van der Waals surface area contributed by atoms with Gasteiger partial charge >= 0.3 is 5.97 Å². The Morgan fingerprint density at radius 2 is 1.78 bits per heavy atom. The minimum atomic E-state index is -0.549. The minimum Gasteiger partial charge on any atom is -0.452 e. The molecule has 0 fully saturated rings. The lowest BCUT2D eigenvalue weighted by Crippen LogP contribution is -2.38. The van der Waals surface area contributed by atoms with E-state index in [1.54, 1.807) is 23.4 Å². The van der Waals surface area contributed by atoms with Crippen molar-refractivity contribution in [2.45, 2.75) is 19.4 Å². The molecule has 0 N–H and O–H groups in total. The molecule has 32 heavy (non-hydrogen) atoms. The fourth-order valence-corrected chi connectivity index (χ4v) is 4.24. The Kier molecular flexibility index (Phi) is 5.11. The van der Waals surface area contributed by atoms with Crippen molar-refractivity contribution in [2.24, 2.45) is 0 Å². The lowest BCUT2D eigenvalue weighted by molar-refractivity contribution is -0.122. The quantitative estimate of drug-likeness (QED) is 0.454. The molecule has 6 nitrogen and oxygen atoms in total. The van der Waals surface area contributed by atoms with Crippen LogP contribution in [-0.2, 0) is 16.0 Å². The average Bonchev–Trinajstić information content (AvgIpc) is 3.18. The molecule has 0 aliphatic carbocycles. The minimum absolute atomic E-state index is 0.0265. The first-order valence-electron chi connectivity index (χ1n) is 10.5. The number of carbonyl (C=O) groups excluding carboxylic acids is 2. The number of hydrogen-bond acceptors (Lipinski definition) is 5. The molecule has 2 aromatic heterocycles. The predicted molar refractivity (Wildman–Crippen MR) is 122 cm³/mol. The van der Waals surface area contributed by atoms with Crippen molar-refractivity contribution in [3.05, 3.63) is 90.3 Å². The lowest BCUT2D eigenvalue weighted by Gasteiger charge is -2.22. The second-order valence-corrected chi connectivity index (χ2v) is 7.83. The molecule has 1 unspecified atom stereocenters. The van der Waals surface area contributed by atoms with Crippen molar-refractivity contribution < 1.29 is 14.3 Å². The zero-order chi connectivity index (χ0) is 22.1. The van der Waals surface area contributed by atoms with Crippen LogP contribution >= 0.6 is 0 Å². The molecular formula is C26H21N3O3. The molecular weight excluding hydrogens is 402 g/mol. The SMILES string of the molecule is CC1Cc2ccccc2N1C(=O)COC(=O)c1cc(-c2ccncc2)nc2ccccc12. The third-order valence-corrected chi connectivity index (χ3v) is 5.71. The highest BCUT2D eigenvalue weighted by molar-refractivity contribution is 6.06. The van der Waals surface area contributed by atoms with Crippen LogP contribution in [0.1, 0.15) is 22.8 Å². The van der Waals surface area contributed by atoms with E-state index in [9.17, 15) is 9.59 Å². The molecule has 6 heteroatoms. The van der Waals surface area contributed by atoms with Gasteiger partial charge in [-0.1, -0.05) is 36.4 Å². The molecule has 0 spiro atoms. The van der Waals surface area contributed by atoms with Gasteiger partial charge in [-0.3, -0.25) is 9.78 Å². The van der Waals surface area contributed by atoms with Crippen molar-refractivity contribution >= 4 is 28.5 Å². The van der Waals surface area contributed by atoms with E-state index in [0.29, 0.717) is 22.2 Å². The predicted octanol–water partition coefficient (Wildman–Crippen LogP) is 4.43. The maximum Gasteiger partial charge on any atom is 0.339 e. The van der Waals surface area contributed by atoms with Gasteiger partial charge in [-0.15, -0.1) is 0 Å². The van der Waals surface area contributed by atoms with Gasteiger partial charge in [0.2, 0.25) is 0 Å². The van der Waals surface area contributed by atoms with Crippen molar-refractivity contribution in [2.75, 3.05) is 11.5 Å². The molecule has 0 radical (unpaired) electrons. The van der Waals surface area contributed by atoms with E-state index in [2.05, 4.69) is 9.97 Å². The maximum absolute atomic E-state index is 13.1. The van der Waals surface area contributed by atoms with Gasteiger partial charge < -0.3 is 9.64 Å². The van der Waals surface area contributed by atoms with Crippen LogP contribution in [0.2, 0.25) is 0 Å². The highest BCUT2D eigenvalue weighted by Gasteiger charge is 2.31. The lowest BCUT2D eigenvalue weighted by atomic mass is 10.0. The van der Waals surface area contributed by atoms with Gasteiger partial charge in [0, 0.05) is 35.1 Å². The summed E-state index contributed by atoms with van der Waals surface area (Å²) in [5, 5.41) is 0.683. The number of benzene rings is 2. The summed E-state index contributed by atoms with van der Waals surface area (Å²) >= 11 is 0. The maximum atomic E-state index is 13.1. The third kappa shape index (κ3) is 3.60. The van der Waals surface area contributed by atoms with Crippen LogP contribution in [0.3, 0.4) is 0 Å². The summed E-state index contributed by atoms with van der Waals surface area (Å²) in [7, 11) is 0. The Hall–Kier alpha value is -4.06. The first-order valence-corrected chi connectivity index (χ1v) is 10.5. The van der Waals surface area contributed by atoms with Gasteiger partial charge in [-0.05, 0) is 49.2 Å². The third-order valence-electron chi connectivity index (χ3n) is 5.71. The van der Waals surface area contributed by atoms with Crippen LogP contribution < -0.4 is 4.90 Å². The summed E-state index contributed by atoms with van der Waals surface area (Å²) in [5.41, 5.74) is 4.56. The second kappa shape index (κ2) is 8.23. The number of aromatic nitrogens is 2. The summed E-state index contributed by atoms with van der Waals surface area (Å²) in [4.78, 5) is 36.4. The number of rotatable bonds is 4. The molecule has 1 atom stereocenters. The smallest absolute Gasteiger partial charge is 0.339 e. The van der Waals surface area contributed by atoms with E-state index in [-0.39, 0.29) is 18.6 Å². The number of esters is 1. The van der Waals surface area contributed by atoms with Crippen LogP contribution in [0.25, 0.3) is 22.2 Å². The molecule has 158 valence electrons. The van der Waals surface area contributed by atoms with E-state index in [1.165, 1.54) is 0 Å². The average molecular weight is 423 g/mol. The Morgan fingerprint density at radius 1 is 1.03 bits per heavy atom. The monoisotopic (exact) mass is 423 g/mol. The molecule has 5 rings (SSSR count). The Morgan fingerprint density at radius 3 is 2.62 bits per heavy atom. The van der Waals surface area contributed by atoms with E-state index in [4.69, 9.17) is 4.74 Å². The number of para-hydroxylation sites is 2. The number of ether oxygens (including phenoxy) is 1. The summed E-state index contributed by atoms with van der Waals surface area (Å²) in [6.45, 7) is 1.68. The van der Waals surface area contributed by atoms with Gasteiger partial charge in [0.1, 0.15) is 0 Å². The number of hydrogen-bond donors (Lipinski definition) is 0. The molecule has 1 aliphatic heterocycles. The van der Waals surface area contributed by atoms with E-state index in [0.717, 1.165) is 23.2 Å². The standard InChI is InChI=1S/C26H21N3O3/c1-17-14-19-6-2-5-9-24(19)29(17)25(30)16-32-26(31)21-15-23(18-10-12-27-13-11-18)28-22-8-4-3-7-20(21)22/h2-13,15,17H,14,16H2,1H3. The van der Waals surface area contributed by atoms with Gasteiger partial charge in [-0.2, -0.15) is 0 Å². The summed E-state index contributed by atoms with van der Waals surface area (Å²) < 4.78 is 5.49. The Bertz CT molecular complexity index is 1320. The number of fused-ring (bicyclic) bond motifs is 2. The second-order valence-electron chi connectivity index (χ2n) is 7.83. The molecule has 0 bridgehead atoms. The zero-order valence-electron chi connectivity index (χ0n) is 17.6. The molecule has 0 saturated heterocycles. The number of carbonyl (C=O) groups is 2. The van der Waals surface area contributed by atoms with E-state index >= 15 is 0 Å². The van der Waals surface area contributed by atoms with Gasteiger partial charge in [-0.25, -0.2) is 9.78 Å². The Balaban J connectivity index is 1.41. The first kappa shape index (κ1) is 19.9. The number of pyridine rings is 2. The summed E-state index contributed by atoms with van der Waals surface area (Å²) in [5.74, 6) is -0.782. The topological polar surface area (TPSA) is 72.4 Å². The molecule has 1 amide bonds. The highest BCUT2D eigenvalue weighted by atomic mass is 16.5. The fourth-order valence-electron chi connectivity index (χ4n) is 4.24. The number of anilines is 1. The molecule has 4 aromatic rings. The van der Waals surface area contributed by atoms with Gasteiger partial charge in [0.15, 0.2) is 6.61 Å². The fraction of sp³-hybridized carbons (Fsp3) is 0.154. The van der Waals surface area contributed by atoms with Crippen LogP contribution in [0.15, 0.2) is 79.1 Å². The van der Waals surface area contributed by atoms with Crippen molar-refractivity contribution in [3.8, 4) is 11.3 Å².